The fourth-order valence-electron chi connectivity index (χ4n) is 5.24. The molecular formula is C35H51N9O13. The maximum Gasteiger partial charge on any atom is 0.328 e. The third-order valence-corrected chi connectivity index (χ3v) is 8.43. The number of imidazole rings is 1. The van der Waals surface area contributed by atoms with Gasteiger partial charge in [-0.1, -0.05) is 44.2 Å². The Hall–Kier alpha value is -5.97. The molecule has 0 radical (unpaired) electrons. The molecule has 0 aliphatic carbocycles. The highest BCUT2D eigenvalue weighted by Crippen LogP contribution is 2.10. The summed E-state index contributed by atoms with van der Waals surface area (Å²) < 4.78 is 0. The first kappa shape index (κ1) is 47.2. The van der Waals surface area contributed by atoms with E-state index in [0.29, 0.717) is 11.3 Å². The highest BCUT2D eigenvalue weighted by Gasteiger charge is 2.36. The SMILES string of the molecule is CC(C)[C@H](NC(=O)[C@H](Cc1ccccc1)NC(=O)[C@H](Cc1cnc[nH]1)NC(=O)[C@@H](NC(=O)[C@@H](N)CO)[C@@H](C)O)C(=O)N[C@@H](CC(=O)O)C(=O)N[C@H](C(=O)O)[C@@H](C)O. The van der Waals surface area contributed by atoms with Crippen LogP contribution >= 0.6 is 0 Å². The predicted molar refractivity (Wildman–Crippen MR) is 197 cm³/mol. The number of carbonyl (C=O) groups excluding carboxylic acids is 6. The normalized spacial score (nSPS) is 15.9. The van der Waals surface area contributed by atoms with Crippen LogP contribution in [-0.2, 0) is 51.2 Å². The third-order valence-electron chi connectivity index (χ3n) is 8.43. The third kappa shape index (κ3) is 15.2. The quantitative estimate of drug-likeness (QED) is 0.0503. The highest BCUT2D eigenvalue weighted by molar-refractivity contribution is 5.98. The molecule has 22 nitrogen and oxygen atoms in total. The van der Waals surface area contributed by atoms with Gasteiger partial charge in [0, 0.05) is 24.7 Å². The van der Waals surface area contributed by atoms with Gasteiger partial charge in [-0.15, -0.1) is 0 Å². The Labute approximate surface area is 326 Å². The summed E-state index contributed by atoms with van der Waals surface area (Å²) in [5, 5.41) is 62.0. The van der Waals surface area contributed by atoms with E-state index in [-0.39, 0.29) is 12.8 Å². The van der Waals surface area contributed by atoms with Crippen molar-refractivity contribution in [3.05, 3.63) is 54.1 Å². The van der Waals surface area contributed by atoms with Gasteiger partial charge in [-0.2, -0.15) is 0 Å². The van der Waals surface area contributed by atoms with Crippen molar-refractivity contribution in [3.63, 3.8) is 0 Å². The van der Waals surface area contributed by atoms with Crippen LogP contribution in [0.5, 0.6) is 0 Å². The minimum Gasteiger partial charge on any atom is -0.481 e. The molecule has 0 spiro atoms. The van der Waals surface area contributed by atoms with E-state index in [9.17, 15) is 63.9 Å². The van der Waals surface area contributed by atoms with Gasteiger partial charge >= 0.3 is 11.9 Å². The first-order chi connectivity index (χ1) is 26.7. The van der Waals surface area contributed by atoms with Gasteiger partial charge in [-0.3, -0.25) is 33.6 Å². The molecule has 0 bridgehead atoms. The Kier molecular flexibility index (Phi) is 18.7. The molecule has 9 atom stereocenters. The van der Waals surface area contributed by atoms with Gasteiger partial charge < -0.3 is 68.2 Å². The molecule has 1 heterocycles. The van der Waals surface area contributed by atoms with Gasteiger partial charge in [0.2, 0.25) is 35.4 Å². The Bertz CT molecular complexity index is 1690. The predicted octanol–water partition coefficient (Wildman–Crippen LogP) is -4.60. The topological polar surface area (TPSA) is 365 Å². The molecule has 22 heteroatoms. The van der Waals surface area contributed by atoms with Gasteiger partial charge in [0.25, 0.3) is 0 Å². The molecule has 2 rings (SSSR count). The molecule has 0 aliphatic rings. The monoisotopic (exact) mass is 805 g/mol. The van der Waals surface area contributed by atoms with Gasteiger partial charge in [-0.05, 0) is 25.3 Å². The first-order valence-corrected chi connectivity index (χ1v) is 17.8. The van der Waals surface area contributed by atoms with E-state index >= 15 is 0 Å². The van der Waals surface area contributed by atoms with E-state index in [4.69, 9.17) is 5.73 Å². The second-order valence-corrected chi connectivity index (χ2v) is 13.6. The highest BCUT2D eigenvalue weighted by atomic mass is 16.4. The van der Waals surface area contributed by atoms with Crippen LogP contribution in [0.4, 0.5) is 0 Å². The summed E-state index contributed by atoms with van der Waals surface area (Å²) >= 11 is 0. The zero-order valence-corrected chi connectivity index (χ0v) is 31.7. The number of carboxylic acid groups (broad SMARTS) is 2. The van der Waals surface area contributed by atoms with Crippen LogP contribution in [0, 0.1) is 5.92 Å². The fraction of sp³-hybridized carbons (Fsp3) is 0.514. The van der Waals surface area contributed by atoms with Crippen molar-refractivity contribution in [2.75, 3.05) is 6.61 Å². The number of aliphatic hydroxyl groups excluding tert-OH is 3. The van der Waals surface area contributed by atoms with Crippen LogP contribution in [0.2, 0.25) is 0 Å². The number of aliphatic carboxylic acids is 2. The van der Waals surface area contributed by atoms with Crippen LogP contribution in [0.3, 0.4) is 0 Å². The number of aromatic nitrogens is 2. The summed E-state index contributed by atoms with van der Waals surface area (Å²) in [6, 6.07) is -2.72. The van der Waals surface area contributed by atoms with E-state index < -0.39 is 121 Å². The van der Waals surface area contributed by atoms with Gasteiger partial charge in [0.15, 0.2) is 6.04 Å². The van der Waals surface area contributed by atoms with Crippen molar-refractivity contribution in [2.24, 2.45) is 11.7 Å². The minimum atomic E-state index is -1.84. The number of nitrogens with two attached hydrogens (primary N) is 1. The zero-order chi connectivity index (χ0) is 43.0. The number of carboxylic acids is 2. The molecule has 1 aromatic carbocycles. The number of hydrogen-bond acceptors (Lipinski definition) is 13. The van der Waals surface area contributed by atoms with Gasteiger partial charge in [0.1, 0.15) is 36.3 Å². The Morgan fingerprint density at radius 3 is 1.67 bits per heavy atom. The number of H-pyrrole nitrogens is 1. The maximum atomic E-state index is 14.0. The first-order valence-electron chi connectivity index (χ1n) is 17.8. The van der Waals surface area contributed by atoms with Crippen LogP contribution in [0.25, 0.3) is 0 Å². The molecule has 0 fully saturated rings. The number of nitrogens with one attached hydrogen (secondary N) is 7. The molecule has 314 valence electrons. The summed E-state index contributed by atoms with van der Waals surface area (Å²) in [7, 11) is 0. The van der Waals surface area contributed by atoms with Crippen LogP contribution in [0.1, 0.15) is 45.4 Å². The number of rotatable bonds is 23. The lowest BCUT2D eigenvalue weighted by Crippen LogP contribution is -2.62. The lowest BCUT2D eigenvalue weighted by Gasteiger charge is -2.29. The number of carbonyl (C=O) groups is 8. The number of hydrogen-bond donors (Lipinski definition) is 13. The second-order valence-electron chi connectivity index (χ2n) is 13.6. The Morgan fingerprint density at radius 2 is 1.16 bits per heavy atom. The molecule has 2 aromatic rings. The molecule has 57 heavy (non-hydrogen) atoms. The van der Waals surface area contributed by atoms with Crippen LogP contribution in [0.15, 0.2) is 42.9 Å². The average molecular weight is 806 g/mol. The van der Waals surface area contributed by atoms with Crippen molar-refractivity contribution in [3.8, 4) is 0 Å². The van der Waals surface area contributed by atoms with Crippen molar-refractivity contribution in [1.82, 2.24) is 41.9 Å². The standard InChI is InChI=1S/C35H51N9O13/c1-16(2)26(33(54)41-24(12-25(48)49)32(53)44-28(18(4)47)35(56)57)42-31(52)22(10-19-8-6-5-7-9-19)39-30(51)23(11-20-13-37-15-38-20)40-34(55)27(17(3)46)43-29(50)21(36)14-45/h5-9,13,15-18,21-24,26-28,45-47H,10-12,14,36H2,1-4H3,(H,37,38)(H,39,51)(H,40,55)(H,41,54)(H,42,52)(H,43,50)(H,44,53)(H,48,49)(H,56,57)/t17-,18-,21+,22+,23+,24+,26+,27+,28+/m1/s1. The Balaban J connectivity index is 2.42. The molecule has 6 amide bonds. The number of aliphatic hydroxyl groups is 3. The van der Waals surface area contributed by atoms with Gasteiger partial charge in [-0.25, -0.2) is 9.78 Å². The van der Waals surface area contributed by atoms with Crippen molar-refractivity contribution >= 4 is 47.4 Å². The van der Waals surface area contributed by atoms with Crippen molar-refractivity contribution in [2.45, 2.75) is 101 Å². The number of benzene rings is 1. The second kappa shape index (κ2) is 22.6. The lowest BCUT2D eigenvalue weighted by atomic mass is 9.99. The summed E-state index contributed by atoms with van der Waals surface area (Å²) in [5.41, 5.74) is 6.45. The molecule has 0 saturated heterocycles. The van der Waals surface area contributed by atoms with Crippen molar-refractivity contribution < 1.29 is 63.9 Å². The van der Waals surface area contributed by atoms with Crippen LogP contribution in [-0.4, -0.2) is 144 Å². The largest absolute Gasteiger partial charge is 0.481 e. The molecule has 14 N–H and O–H groups in total. The van der Waals surface area contributed by atoms with Crippen LogP contribution < -0.4 is 37.6 Å². The molecule has 0 unspecified atom stereocenters. The summed E-state index contributed by atoms with van der Waals surface area (Å²) in [6.45, 7) is 4.56. The molecular weight excluding hydrogens is 754 g/mol. The summed E-state index contributed by atoms with van der Waals surface area (Å²) in [5.74, 6) is -9.97. The van der Waals surface area contributed by atoms with Crippen molar-refractivity contribution in [1.29, 1.82) is 0 Å². The summed E-state index contributed by atoms with van der Waals surface area (Å²) in [6.07, 6.45) is -1.78. The minimum absolute atomic E-state index is 0.152. The summed E-state index contributed by atoms with van der Waals surface area (Å²) in [4.78, 5) is 110. The maximum absolute atomic E-state index is 14.0. The van der Waals surface area contributed by atoms with Gasteiger partial charge in [0.05, 0.1) is 31.6 Å². The van der Waals surface area contributed by atoms with E-state index in [2.05, 4.69) is 36.6 Å². The zero-order valence-electron chi connectivity index (χ0n) is 31.7. The van der Waals surface area contributed by atoms with E-state index in [1.165, 1.54) is 33.3 Å². The molecule has 0 saturated carbocycles. The molecule has 1 aromatic heterocycles. The number of amides is 6. The lowest BCUT2D eigenvalue weighted by molar-refractivity contribution is -0.146. The van der Waals surface area contributed by atoms with E-state index in [1.54, 1.807) is 30.3 Å². The fourth-order valence-corrected chi connectivity index (χ4v) is 5.24. The van der Waals surface area contributed by atoms with E-state index in [1.807, 2.05) is 5.32 Å². The number of aromatic amines is 1. The molecule has 0 aliphatic heterocycles. The smallest absolute Gasteiger partial charge is 0.328 e. The number of nitrogens with zero attached hydrogens (tertiary/aromatic N) is 1. The average Bonchev–Trinajstić information content (AvgIpc) is 3.66. The van der Waals surface area contributed by atoms with E-state index in [0.717, 1.165) is 6.92 Å². The Morgan fingerprint density at radius 1 is 0.667 bits per heavy atom.